The molecule has 0 bridgehead atoms. The van der Waals surface area contributed by atoms with E-state index in [2.05, 4.69) is 32.9 Å². The first kappa shape index (κ1) is 11.7. The van der Waals surface area contributed by atoms with Crippen molar-refractivity contribution < 1.29 is 4.74 Å². The Morgan fingerprint density at radius 3 is 2.17 bits per heavy atom. The molecule has 0 aromatic carbocycles. The molecule has 0 spiro atoms. The van der Waals surface area contributed by atoms with Gasteiger partial charge in [0.25, 0.3) is 0 Å². The van der Waals surface area contributed by atoms with Gasteiger partial charge in [0, 0.05) is 5.92 Å². The summed E-state index contributed by atoms with van der Waals surface area (Å²) in [4.78, 5) is 0. The fraction of sp³-hybridized carbons (Fsp3) is 0.818. The van der Waals surface area contributed by atoms with Gasteiger partial charge in [-0.3, -0.25) is 0 Å². The molecule has 0 saturated carbocycles. The van der Waals surface area contributed by atoms with E-state index in [1.165, 1.54) is 0 Å². The van der Waals surface area contributed by atoms with Gasteiger partial charge in [-0.05, 0) is 13.3 Å². The minimum absolute atomic E-state index is 0.321. The highest BCUT2D eigenvalue weighted by atomic mass is 16.5. The predicted octanol–water partition coefficient (Wildman–Crippen LogP) is 3.40. The van der Waals surface area contributed by atoms with Crippen LogP contribution in [0.4, 0.5) is 0 Å². The van der Waals surface area contributed by atoms with Crippen LogP contribution in [0.25, 0.3) is 0 Å². The van der Waals surface area contributed by atoms with Crippen molar-refractivity contribution in [1.29, 1.82) is 0 Å². The van der Waals surface area contributed by atoms with Gasteiger partial charge >= 0.3 is 0 Å². The lowest BCUT2D eigenvalue weighted by atomic mass is 9.99. The van der Waals surface area contributed by atoms with E-state index in [0.29, 0.717) is 18.1 Å². The fourth-order valence-corrected chi connectivity index (χ4v) is 1.37. The molecule has 1 heteroatoms. The van der Waals surface area contributed by atoms with Crippen molar-refractivity contribution in [1.82, 2.24) is 0 Å². The second-order valence-electron chi connectivity index (χ2n) is 3.03. The van der Waals surface area contributed by atoms with Crippen LogP contribution in [0.2, 0.25) is 0 Å². The van der Waals surface area contributed by atoms with Crippen molar-refractivity contribution in [2.75, 3.05) is 0 Å². The molecule has 0 N–H and O–H groups in total. The van der Waals surface area contributed by atoms with Gasteiger partial charge in [0.05, 0.1) is 12.2 Å². The summed E-state index contributed by atoms with van der Waals surface area (Å²) in [6, 6.07) is 0. The van der Waals surface area contributed by atoms with Crippen LogP contribution in [-0.2, 0) is 4.74 Å². The highest BCUT2D eigenvalue weighted by Crippen LogP contribution is 2.19. The van der Waals surface area contributed by atoms with Crippen molar-refractivity contribution >= 4 is 0 Å². The van der Waals surface area contributed by atoms with Crippen LogP contribution >= 0.6 is 0 Å². The maximum absolute atomic E-state index is 5.66. The number of ether oxygens (including phenoxy) is 1. The van der Waals surface area contributed by atoms with E-state index >= 15 is 0 Å². The summed E-state index contributed by atoms with van der Waals surface area (Å²) in [5, 5.41) is 0. The maximum atomic E-state index is 5.66. The summed E-state index contributed by atoms with van der Waals surface area (Å²) in [6.07, 6.45) is 6.27. The first-order valence-corrected chi connectivity index (χ1v) is 5.07. The molecule has 12 heavy (non-hydrogen) atoms. The van der Waals surface area contributed by atoms with E-state index in [4.69, 9.17) is 4.74 Å². The Bertz CT molecular complexity index is 129. The van der Waals surface area contributed by atoms with Gasteiger partial charge in [-0.15, -0.1) is 0 Å². The third-order valence-corrected chi connectivity index (χ3v) is 2.06. The van der Waals surface area contributed by atoms with Gasteiger partial charge in [0.15, 0.2) is 0 Å². The van der Waals surface area contributed by atoms with Crippen molar-refractivity contribution in [3.05, 3.63) is 12.2 Å². The van der Waals surface area contributed by atoms with Crippen LogP contribution in [0.3, 0.4) is 0 Å². The predicted molar refractivity (Wildman–Crippen MR) is 54.3 cm³/mol. The minimum atomic E-state index is 0.321. The first-order valence-electron chi connectivity index (χ1n) is 5.07. The standard InChI is InChI=1S/C9H16O.C2H6/c1-4-9-7(2)5-6-8(3)10-9;1-2/h5-9H,4H2,1-3H3;1-2H3. The molecule has 3 atom stereocenters. The molecule has 0 aliphatic carbocycles. The summed E-state index contributed by atoms with van der Waals surface area (Å²) in [6.45, 7) is 10.5. The highest BCUT2D eigenvalue weighted by molar-refractivity contribution is 4.98. The Morgan fingerprint density at radius 1 is 1.17 bits per heavy atom. The van der Waals surface area contributed by atoms with Crippen LogP contribution in [-0.4, -0.2) is 12.2 Å². The average Bonchev–Trinajstić information content (AvgIpc) is 2.13. The minimum Gasteiger partial charge on any atom is -0.371 e. The molecule has 0 amide bonds. The lowest BCUT2D eigenvalue weighted by Gasteiger charge is -2.27. The SMILES string of the molecule is CC.CCC1OC(C)C=CC1C. The molecule has 0 aromatic heterocycles. The molecule has 1 nitrogen and oxygen atoms in total. The van der Waals surface area contributed by atoms with E-state index in [9.17, 15) is 0 Å². The maximum Gasteiger partial charge on any atom is 0.0731 e. The lowest BCUT2D eigenvalue weighted by Crippen LogP contribution is -2.27. The van der Waals surface area contributed by atoms with Crippen molar-refractivity contribution in [3.63, 3.8) is 0 Å². The lowest BCUT2D eigenvalue weighted by molar-refractivity contribution is -0.0107. The molecule has 3 unspecified atom stereocenters. The van der Waals surface area contributed by atoms with Crippen molar-refractivity contribution in [2.45, 2.75) is 53.2 Å². The molecule has 1 aliphatic rings. The molecule has 1 rings (SSSR count). The Labute approximate surface area is 76.8 Å². The molecular weight excluding hydrogens is 148 g/mol. The van der Waals surface area contributed by atoms with Gasteiger partial charge in [-0.1, -0.05) is 39.8 Å². The summed E-state index contributed by atoms with van der Waals surface area (Å²) < 4.78 is 5.66. The second-order valence-corrected chi connectivity index (χ2v) is 3.03. The number of hydrogen-bond donors (Lipinski definition) is 0. The molecule has 0 aromatic rings. The second kappa shape index (κ2) is 6.24. The molecule has 1 heterocycles. The van der Waals surface area contributed by atoms with Gasteiger partial charge in [-0.25, -0.2) is 0 Å². The smallest absolute Gasteiger partial charge is 0.0731 e. The summed E-state index contributed by atoms with van der Waals surface area (Å²) in [5.74, 6) is 0.598. The first-order chi connectivity index (χ1) is 5.74. The van der Waals surface area contributed by atoms with Gasteiger partial charge in [0.1, 0.15) is 0 Å². The summed E-state index contributed by atoms with van der Waals surface area (Å²) in [5.41, 5.74) is 0. The Kier molecular flexibility index (Phi) is 6.09. The average molecular weight is 170 g/mol. The zero-order chi connectivity index (χ0) is 9.56. The van der Waals surface area contributed by atoms with E-state index in [1.54, 1.807) is 0 Å². The third-order valence-electron chi connectivity index (χ3n) is 2.06. The van der Waals surface area contributed by atoms with Crippen LogP contribution < -0.4 is 0 Å². The monoisotopic (exact) mass is 170 g/mol. The molecule has 0 saturated heterocycles. The van der Waals surface area contributed by atoms with Gasteiger partial charge in [-0.2, -0.15) is 0 Å². The van der Waals surface area contributed by atoms with Crippen LogP contribution in [0.15, 0.2) is 12.2 Å². The number of rotatable bonds is 1. The largest absolute Gasteiger partial charge is 0.371 e. The molecule has 1 aliphatic heterocycles. The van der Waals surface area contributed by atoms with Crippen molar-refractivity contribution in [3.8, 4) is 0 Å². The normalized spacial score (nSPS) is 33.9. The van der Waals surface area contributed by atoms with Crippen LogP contribution in [0.1, 0.15) is 41.0 Å². The van der Waals surface area contributed by atoms with Crippen molar-refractivity contribution in [2.24, 2.45) is 5.92 Å². The molecule has 0 fully saturated rings. The molecular formula is C11H22O. The Balaban J connectivity index is 0.000000561. The van der Waals surface area contributed by atoms with E-state index < -0.39 is 0 Å². The van der Waals surface area contributed by atoms with E-state index in [1.807, 2.05) is 13.8 Å². The zero-order valence-corrected chi connectivity index (χ0v) is 9.00. The van der Waals surface area contributed by atoms with Gasteiger partial charge in [0.2, 0.25) is 0 Å². The third kappa shape index (κ3) is 3.40. The Hall–Kier alpha value is -0.300. The van der Waals surface area contributed by atoms with E-state index in [0.717, 1.165) is 6.42 Å². The quantitative estimate of drug-likeness (QED) is 0.548. The summed E-state index contributed by atoms with van der Waals surface area (Å²) >= 11 is 0. The number of hydrogen-bond acceptors (Lipinski definition) is 1. The van der Waals surface area contributed by atoms with E-state index in [-0.39, 0.29) is 0 Å². The highest BCUT2D eigenvalue weighted by Gasteiger charge is 2.19. The van der Waals surface area contributed by atoms with Crippen LogP contribution in [0.5, 0.6) is 0 Å². The zero-order valence-electron chi connectivity index (χ0n) is 9.00. The Morgan fingerprint density at radius 2 is 1.75 bits per heavy atom. The fourth-order valence-electron chi connectivity index (χ4n) is 1.37. The van der Waals surface area contributed by atoms with Gasteiger partial charge < -0.3 is 4.74 Å². The van der Waals surface area contributed by atoms with Crippen LogP contribution in [0, 0.1) is 5.92 Å². The molecule has 0 radical (unpaired) electrons. The topological polar surface area (TPSA) is 9.23 Å². The summed E-state index contributed by atoms with van der Waals surface area (Å²) in [7, 11) is 0. The molecule has 72 valence electrons.